The molecule has 1 heterocycles. The standard InChI is InChI=1S/C11H18N/c1-9-6-7-10(8-12(9)5)11(2,3)4/h6-8H,1-5H3/q+1. The molecule has 0 aliphatic rings. The van der Waals surface area contributed by atoms with Crippen LogP contribution < -0.4 is 4.57 Å². The Hall–Kier alpha value is -0.850. The maximum Gasteiger partial charge on any atom is 0.177 e. The highest BCUT2D eigenvalue weighted by atomic mass is 14.9. The van der Waals surface area contributed by atoms with Crippen LogP contribution in [0.1, 0.15) is 32.0 Å². The Morgan fingerprint density at radius 1 is 1.17 bits per heavy atom. The first-order valence-electron chi connectivity index (χ1n) is 4.38. The molecule has 66 valence electrons. The third-order valence-electron chi connectivity index (χ3n) is 2.26. The fourth-order valence-electron chi connectivity index (χ4n) is 1.13. The van der Waals surface area contributed by atoms with E-state index in [0.717, 1.165) is 0 Å². The molecule has 0 radical (unpaired) electrons. The van der Waals surface area contributed by atoms with Gasteiger partial charge >= 0.3 is 0 Å². The van der Waals surface area contributed by atoms with Crippen LogP contribution >= 0.6 is 0 Å². The Balaban J connectivity index is 3.14. The van der Waals surface area contributed by atoms with Gasteiger partial charge in [-0.1, -0.05) is 20.8 Å². The van der Waals surface area contributed by atoms with Gasteiger partial charge in [-0.05, 0) is 11.5 Å². The Labute approximate surface area is 75.1 Å². The maximum absolute atomic E-state index is 2.23. The average molecular weight is 164 g/mol. The van der Waals surface area contributed by atoms with Crippen molar-refractivity contribution in [3.63, 3.8) is 0 Å². The largest absolute Gasteiger partial charge is 0.205 e. The Morgan fingerprint density at radius 2 is 1.75 bits per heavy atom. The van der Waals surface area contributed by atoms with Gasteiger partial charge in [-0.2, -0.15) is 0 Å². The van der Waals surface area contributed by atoms with Crippen LogP contribution in [0.5, 0.6) is 0 Å². The van der Waals surface area contributed by atoms with Crippen molar-refractivity contribution < 1.29 is 4.57 Å². The zero-order chi connectivity index (χ0) is 9.35. The van der Waals surface area contributed by atoms with Crippen LogP contribution in [0.2, 0.25) is 0 Å². The van der Waals surface area contributed by atoms with E-state index in [9.17, 15) is 0 Å². The van der Waals surface area contributed by atoms with E-state index in [1.54, 1.807) is 0 Å². The zero-order valence-corrected chi connectivity index (χ0v) is 8.68. The van der Waals surface area contributed by atoms with Gasteiger partial charge in [-0.3, -0.25) is 0 Å². The van der Waals surface area contributed by atoms with Crippen LogP contribution in [0.25, 0.3) is 0 Å². The number of aryl methyl sites for hydroxylation is 2. The van der Waals surface area contributed by atoms with Crippen molar-refractivity contribution in [1.82, 2.24) is 0 Å². The van der Waals surface area contributed by atoms with E-state index in [4.69, 9.17) is 0 Å². The van der Waals surface area contributed by atoms with Crippen molar-refractivity contribution in [3.8, 4) is 0 Å². The fraction of sp³-hybridized carbons (Fsp3) is 0.545. The highest BCUT2D eigenvalue weighted by molar-refractivity contribution is 5.17. The van der Waals surface area contributed by atoms with Crippen molar-refractivity contribution in [2.75, 3.05) is 0 Å². The molecule has 0 fully saturated rings. The third kappa shape index (κ3) is 1.84. The first-order valence-corrected chi connectivity index (χ1v) is 4.38. The minimum absolute atomic E-state index is 0.255. The topological polar surface area (TPSA) is 3.88 Å². The first kappa shape index (κ1) is 9.24. The van der Waals surface area contributed by atoms with Crippen molar-refractivity contribution in [2.45, 2.75) is 33.1 Å². The van der Waals surface area contributed by atoms with E-state index in [1.807, 2.05) is 0 Å². The van der Waals surface area contributed by atoms with Crippen LogP contribution in [-0.4, -0.2) is 0 Å². The van der Waals surface area contributed by atoms with Crippen LogP contribution in [0.3, 0.4) is 0 Å². The SMILES string of the molecule is Cc1ccc(C(C)(C)C)c[n+]1C. The van der Waals surface area contributed by atoms with E-state index in [-0.39, 0.29) is 5.41 Å². The Kier molecular flexibility index (Phi) is 2.22. The summed E-state index contributed by atoms with van der Waals surface area (Å²) in [7, 11) is 2.09. The molecule has 0 atom stereocenters. The molecule has 0 N–H and O–H groups in total. The van der Waals surface area contributed by atoms with Crippen molar-refractivity contribution in [2.24, 2.45) is 7.05 Å². The smallest absolute Gasteiger partial charge is 0.177 e. The molecular formula is C11H18N+. The summed E-state index contributed by atoms with van der Waals surface area (Å²) in [5, 5.41) is 0. The highest BCUT2D eigenvalue weighted by Gasteiger charge is 2.16. The first-order chi connectivity index (χ1) is 5.41. The third-order valence-corrected chi connectivity index (χ3v) is 2.26. The molecule has 1 rings (SSSR count). The fourth-order valence-corrected chi connectivity index (χ4v) is 1.13. The van der Waals surface area contributed by atoms with Crippen LogP contribution in [0.4, 0.5) is 0 Å². The summed E-state index contributed by atoms with van der Waals surface area (Å²) >= 11 is 0. The number of aromatic nitrogens is 1. The maximum atomic E-state index is 2.23. The summed E-state index contributed by atoms with van der Waals surface area (Å²) < 4.78 is 2.17. The molecule has 1 aromatic heterocycles. The van der Waals surface area contributed by atoms with Crippen molar-refractivity contribution in [1.29, 1.82) is 0 Å². The second kappa shape index (κ2) is 2.89. The van der Waals surface area contributed by atoms with Gasteiger partial charge in [0.1, 0.15) is 7.05 Å². The number of pyridine rings is 1. The number of nitrogens with zero attached hydrogens (tertiary/aromatic N) is 1. The highest BCUT2D eigenvalue weighted by Crippen LogP contribution is 2.20. The summed E-state index contributed by atoms with van der Waals surface area (Å²) in [5.74, 6) is 0. The molecule has 1 nitrogen and oxygen atoms in total. The summed E-state index contributed by atoms with van der Waals surface area (Å²) in [6.07, 6.45) is 2.20. The average Bonchev–Trinajstić information content (AvgIpc) is 1.92. The van der Waals surface area contributed by atoms with Crippen molar-refractivity contribution >= 4 is 0 Å². The van der Waals surface area contributed by atoms with Gasteiger partial charge in [-0.25, -0.2) is 4.57 Å². The predicted octanol–water partition coefficient (Wildman–Crippen LogP) is 2.12. The molecule has 0 bridgehead atoms. The van der Waals surface area contributed by atoms with E-state index >= 15 is 0 Å². The molecule has 0 aliphatic heterocycles. The predicted molar refractivity (Wildman–Crippen MR) is 51.1 cm³/mol. The van der Waals surface area contributed by atoms with Gasteiger partial charge in [0.05, 0.1) is 0 Å². The minimum atomic E-state index is 0.255. The Bertz CT molecular complexity index is 282. The van der Waals surface area contributed by atoms with E-state index in [1.165, 1.54) is 11.3 Å². The van der Waals surface area contributed by atoms with Gasteiger partial charge in [0.25, 0.3) is 0 Å². The molecule has 1 aromatic rings. The van der Waals surface area contributed by atoms with Crippen molar-refractivity contribution in [3.05, 3.63) is 29.6 Å². The van der Waals surface area contributed by atoms with Crippen LogP contribution in [0, 0.1) is 6.92 Å². The van der Waals surface area contributed by atoms with E-state index in [0.29, 0.717) is 0 Å². The summed E-state index contributed by atoms with van der Waals surface area (Å²) in [5.41, 5.74) is 2.93. The lowest BCUT2D eigenvalue weighted by Crippen LogP contribution is -2.33. The minimum Gasteiger partial charge on any atom is -0.205 e. The summed E-state index contributed by atoms with van der Waals surface area (Å²) in [6.45, 7) is 8.82. The lowest BCUT2D eigenvalue weighted by Gasteiger charge is -2.16. The van der Waals surface area contributed by atoms with E-state index in [2.05, 4.69) is 57.6 Å². The lowest BCUT2D eigenvalue weighted by molar-refractivity contribution is -0.678. The number of hydrogen-bond donors (Lipinski definition) is 0. The molecule has 0 saturated heterocycles. The number of rotatable bonds is 0. The monoisotopic (exact) mass is 164 g/mol. The van der Waals surface area contributed by atoms with Gasteiger partial charge in [0, 0.05) is 18.6 Å². The molecule has 12 heavy (non-hydrogen) atoms. The zero-order valence-electron chi connectivity index (χ0n) is 8.68. The van der Waals surface area contributed by atoms with Crippen LogP contribution in [0.15, 0.2) is 18.3 Å². The normalized spacial score (nSPS) is 11.8. The van der Waals surface area contributed by atoms with Gasteiger partial charge in [0.15, 0.2) is 11.9 Å². The molecule has 0 spiro atoms. The molecule has 1 heteroatoms. The molecule has 0 aliphatic carbocycles. The van der Waals surface area contributed by atoms with E-state index < -0.39 is 0 Å². The molecule has 0 saturated carbocycles. The molecule has 0 amide bonds. The van der Waals surface area contributed by atoms with Gasteiger partial charge in [-0.15, -0.1) is 0 Å². The van der Waals surface area contributed by atoms with Gasteiger partial charge < -0.3 is 0 Å². The van der Waals surface area contributed by atoms with Gasteiger partial charge in [0.2, 0.25) is 0 Å². The number of hydrogen-bond acceptors (Lipinski definition) is 0. The molecular weight excluding hydrogens is 146 g/mol. The Morgan fingerprint density at radius 3 is 2.17 bits per heavy atom. The van der Waals surface area contributed by atoms with Crippen LogP contribution in [-0.2, 0) is 12.5 Å². The molecule has 0 unspecified atom stereocenters. The quantitative estimate of drug-likeness (QED) is 0.517. The second-order valence-corrected chi connectivity index (χ2v) is 4.42. The molecule has 0 aromatic carbocycles. The summed E-state index contributed by atoms with van der Waals surface area (Å²) in [4.78, 5) is 0. The lowest BCUT2D eigenvalue weighted by atomic mass is 9.88. The second-order valence-electron chi connectivity index (χ2n) is 4.42. The summed E-state index contributed by atoms with van der Waals surface area (Å²) in [6, 6.07) is 4.37.